The van der Waals surface area contributed by atoms with Gasteiger partial charge in [-0.05, 0) is 61.9 Å². The van der Waals surface area contributed by atoms with Gasteiger partial charge < -0.3 is 0 Å². The fraction of sp³-hybridized carbons (Fsp3) is 0.444. The van der Waals surface area contributed by atoms with Crippen LogP contribution in [0.25, 0.3) is 0 Å². The molecular formula is C18H21BrFNO2S. The highest BCUT2D eigenvalue weighted by molar-refractivity contribution is 9.10. The summed E-state index contributed by atoms with van der Waals surface area (Å²) in [6, 6.07) is 5.09. The second-order valence-electron chi connectivity index (χ2n) is 6.43. The maximum absolute atomic E-state index is 14.0. The maximum Gasteiger partial charge on any atom is 0.243 e. The molecule has 1 aliphatic heterocycles. The van der Waals surface area contributed by atoms with Crippen molar-refractivity contribution in [2.75, 3.05) is 13.1 Å². The highest BCUT2D eigenvalue weighted by Crippen LogP contribution is 2.35. The molecule has 3 nitrogen and oxygen atoms in total. The fourth-order valence-electron chi connectivity index (χ4n) is 3.42. The van der Waals surface area contributed by atoms with Crippen LogP contribution in [0.15, 0.2) is 51.6 Å². The number of allylic oxidation sites excluding steroid dienone is 4. The molecule has 0 aromatic heterocycles. The third-order valence-corrected chi connectivity index (χ3v) is 7.67. The zero-order valence-corrected chi connectivity index (χ0v) is 16.0. The molecule has 0 saturated carbocycles. The second kappa shape index (κ2) is 7.10. The van der Waals surface area contributed by atoms with E-state index in [1.807, 2.05) is 19.1 Å². The van der Waals surface area contributed by atoms with Crippen LogP contribution in [0.1, 0.15) is 24.8 Å². The Kier molecular flexibility index (Phi) is 5.27. The van der Waals surface area contributed by atoms with Crippen LogP contribution in [0.2, 0.25) is 0 Å². The fourth-order valence-corrected chi connectivity index (χ4v) is 5.22. The zero-order valence-electron chi connectivity index (χ0n) is 13.6. The number of nitrogens with zero attached hydrogens (tertiary/aromatic N) is 1. The molecule has 0 bridgehead atoms. The summed E-state index contributed by atoms with van der Waals surface area (Å²) in [7, 11) is -3.48. The van der Waals surface area contributed by atoms with Crippen molar-refractivity contribution < 1.29 is 12.8 Å². The van der Waals surface area contributed by atoms with Crippen molar-refractivity contribution in [2.45, 2.75) is 31.1 Å². The summed E-state index contributed by atoms with van der Waals surface area (Å²) in [5.41, 5.74) is 0.894. The molecule has 1 saturated heterocycles. The number of hydrogen-bond acceptors (Lipinski definition) is 2. The van der Waals surface area contributed by atoms with E-state index in [0.29, 0.717) is 37.2 Å². The molecule has 2 aliphatic rings. The van der Waals surface area contributed by atoms with Crippen LogP contribution in [0.3, 0.4) is 0 Å². The molecule has 1 fully saturated rings. The quantitative estimate of drug-likeness (QED) is 0.679. The van der Waals surface area contributed by atoms with Gasteiger partial charge in [-0.15, -0.1) is 0 Å². The molecule has 1 atom stereocenters. The minimum absolute atomic E-state index is 0.0673. The van der Waals surface area contributed by atoms with Crippen molar-refractivity contribution in [1.29, 1.82) is 0 Å². The summed E-state index contributed by atoms with van der Waals surface area (Å²) in [6.45, 7) is 2.76. The van der Waals surface area contributed by atoms with Crippen LogP contribution >= 0.6 is 15.9 Å². The van der Waals surface area contributed by atoms with Crippen molar-refractivity contribution in [3.05, 3.63) is 52.3 Å². The molecule has 1 unspecified atom stereocenters. The third-order valence-electron chi connectivity index (χ3n) is 4.88. The molecule has 0 amide bonds. The number of hydrogen-bond donors (Lipinski definition) is 0. The molecule has 0 radical (unpaired) electrons. The SMILES string of the molecule is Cc1cc(S(=O)(=O)N2CCC(C3C=CCC=C3F)CC2)ccc1Br. The van der Waals surface area contributed by atoms with E-state index in [1.165, 1.54) is 4.31 Å². The Bertz CT molecular complexity index is 780. The first kappa shape index (κ1) is 17.8. The highest BCUT2D eigenvalue weighted by atomic mass is 79.9. The largest absolute Gasteiger partial charge is 0.243 e. The number of halogens is 2. The summed E-state index contributed by atoms with van der Waals surface area (Å²) < 4.78 is 42.0. The average Bonchev–Trinajstić information content (AvgIpc) is 2.58. The number of rotatable bonds is 3. The van der Waals surface area contributed by atoms with E-state index in [4.69, 9.17) is 0 Å². The van der Waals surface area contributed by atoms with Gasteiger partial charge in [0.2, 0.25) is 10.0 Å². The zero-order chi connectivity index (χ0) is 17.3. The van der Waals surface area contributed by atoms with E-state index in [1.54, 1.807) is 24.3 Å². The lowest BCUT2D eigenvalue weighted by Crippen LogP contribution is -2.40. The minimum atomic E-state index is -3.48. The monoisotopic (exact) mass is 413 g/mol. The van der Waals surface area contributed by atoms with Gasteiger partial charge >= 0.3 is 0 Å². The number of sulfonamides is 1. The molecule has 0 N–H and O–H groups in total. The first-order chi connectivity index (χ1) is 11.4. The predicted molar refractivity (Wildman–Crippen MR) is 96.8 cm³/mol. The van der Waals surface area contributed by atoms with Gasteiger partial charge in [0.1, 0.15) is 5.83 Å². The average molecular weight is 414 g/mol. The van der Waals surface area contributed by atoms with Crippen LogP contribution in [0.5, 0.6) is 0 Å². The van der Waals surface area contributed by atoms with Gasteiger partial charge in [-0.1, -0.05) is 28.1 Å². The molecule has 3 rings (SSSR count). The molecule has 1 aromatic carbocycles. The summed E-state index contributed by atoms with van der Waals surface area (Å²) in [4.78, 5) is 0.324. The van der Waals surface area contributed by atoms with Crippen molar-refractivity contribution in [3.8, 4) is 0 Å². The van der Waals surface area contributed by atoms with E-state index in [9.17, 15) is 12.8 Å². The van der Waals surface area contributed by atoms with Gasteiger partial charge in [0, 0.05) is 23.5 Å². The Morgan fingerprint density at radius 3 is 2.58 bits per heavy atom. The van der Waals surface area contributed by atoms with E-state index in [2.05, 4.69) is 15.9 Å². The van der Waals surface area contributed by atoms with Crippen molar-refractivity contribution >= 4 is 26.0 Å². The molecule has 1 heterocycles. The Morgan fingerprint density at radius 2 is 1.96 bits per heavy atom. The molecule has 24 heavy (non-hydrogen) atoms. The van der Waals surface area contributed by atoms with E-state index in [-0.39, 0.29) is 17.7 Å². The number of piperidine rings is 1. The number of aryl methyl sites for hydroxylation is 1. The van der Waals surface area contributed by atoms with E-state index in [0.717, 1.165) is 10.0 Å². The summed E-state index contributed by atoms with van der Waals surface area (Å²) >= 11 is 3.39. The van der Waals surface area contributed by atoms with Gasteiger partial charge in [-0.25, -0.2) is 12.8 Å². The molecule has 130 valence electrons. The lowest BCUT2D eigenvalue weighted by atomic mass is 9.82. The highest BCUT2D eigenvalue weighted by Gasteiger charge is 2.33. The normalized spacial score (nSPS) is 23.3. The van der Waals surface area contributed by atoms with Crippen molar-refractivity contribution in [3.63, 3.8) is 0 Å². The summed E-state index contributed by atoms with van der Waals surface area (Å²) in [6.07, 6.45) is 7.57. The van der Waals surface area contributed by atoms with Gasteiger partial charge in [-0.2, -0.15) is 4.31 Å². The lowest BCUT2D eigenvalue weighted by molar-refractivity contribution is 0.231. The first-order valence-corrected chi connectivity index (χ1v) is 10.4. The van der Waals surface area contributed by atoms with Crippen LogP contribution in [-0.4, -0.2) is 25.8 Å². The van der Waals surface area contributed by atoms with Crippen molar-refractivity contribution in [1.82, 2.24) is 4.31 Å². The smallest absolute Gasteiger partial charge is 0.212 e. The van der Waals surface area contributed by atoms with Gasteiger partial charge in [0.15, 0.2) is 0 Å². The lowest BCUT2D eigenvalue weighted by Gasteiger charge is -2.34. The topological polar surface area (TPSA) is 37.4 Å². The van der Waals surface area contributed by atoms with Crippen LogP contribution in [-0.2, 0) is 10.0 Å². The Balaban J connectivity index is 1.71. The van der Waals surface area contributed by atoms with E-state index < -0.39 is 10.0 Å². The van der Waals surface area contributed by atoms with Crippen molar-refractivity contribution in [2.24, 2.45) is 11.8 Å². The number of benzene rings is 1. The standard InChI is InChI=1S/C18H21BrFNO2S/c1-13-12-15(6-7-17(13)19)24(22,23)21-10-8-14(9-11-21)16-4-2-3-5-18(16)20/h2,4-7,12,14,16H,3,8-11H2,1H3. The van der Waals surface area contributed by atoms with E-state index >= 15 is 0 Å². The summed E-state index contributed by atoms with van der Waals surface area (Å²) in [5, 5.41) is 0. The molecule has 6 heteroatoms. The Labute approximate surface area is 151 Å². The molecule has 0 spiro atoms. The van der Waals surface area contributed by atoms with Crippen LogP contribution < -0.4 is 0 Å². The molecule has 1 aliphatic carbocycles. The third kappa shape index (κ3) is 3.51. The predicted octanol–water partition coefficient (Wildman–Crippen LogP) is 4.59. The van der Waals surface area contributed by atoms with Gasteiger partial charge in [0.25, 0.3) is 0 Å². The molecular weight excluding hydrogens is 393 g/mol. The second-order valence-corrected chi connectivity index (χ2v) is 9.22. The van der Waals surface area contributed by atoms with Gasteiger partial charge in [0.05, 0.1) is 4.90 Å². The maximum atomic E-state index is 14.0. The van der Waals surface area contributed by atoms with Gasteiger partial charge in [-0.3, -0.25) is 0 Å². The van der Waals surface area contributed by atoms with Crippen LogP contribution in [0, 0.1) is 18.8 Å². The van der Waals surface area contributed by atoms with Crippen LogP contribution in [0.4, 0.5) is 4.39 Å². The Hall–Kier alpha value is -0.980. The molecule has 1 aromatic rings. The first-order valence-electron chi connectivity index (χ1n) is 8.18. The summed E-state index contributed by atoms with van der Waals surface area (Å²) in [5.74, 6) is -0.0724. The minimum Gasteiger partial charge on any atom is -0.212 e. The Morgan fingerprint density at radius 1 is 1.25 bits per heavy atom.